The quantitative estimate of drug-likeness (QED) is 0.675. The normalized spacial score (nSPS) is 22.4. The summed E-state index contributed by atoms with van der Waals surface area (Å²) in [6.07, 6.45) is 4.90. The molecular formula is C23H24FNO2S. The van der Waals surface area contributed by atoms with Gasteiger partial charge in [-0.2, -0.15) is 4.31 Å². The average molecular weight is 398 g/mol. The Morgan fingerprint density at radius 1 is 1.04 bits per heavy atom. The second kappa shape index (κ2) is 7.64. The van der Waals surface area contributed by atoms with Crippen molar-refractivity contribution in [2.24, 2.45) is 5.92 Å². The van der Waals surface area contributed by atoms with Crippen molar-refractivity contribution in [3.63, 3.8) is 0 Å². The fraction of sp³-hybridized carbons (Fsp3) is 0.304. The van der Waals surface area contributed by atoms with Crippen LogP contribution in [0.25, 0.3) is 5.83 Å². The molecule has 1 aliphatic heterocycles. The van der Waals surface area contributed by atoms with E-state index < -0.39 is 10.0 Å². The Morgan fingerprint density at radius 2 is 1.75 bits per heavy atom. The minimum atomic E-state index is -3.69. The summed E-state index contributed by atoms with van der Waals surface area (Å²) in [7, 11) is -3.69. The molecule has 0 spiro atoms. The topological polar surface area (TPSA) is 37.4 Å². The average Bonchev–Trinajstić information content (AvgIpc) is 2.73. The third kappa shape index (κ3) is 3.56. The van der Waals surface area contributed by atoms with E-state index in [4.69, 9.17) is 0 Å². The minimum Gasteiger partial charge on any atom is -0.207 e. The highest BCUT2D eigenvalue weighted by Crippen LogP contribution is 2.41. The lowest BCUT2D eigenvalue weighted by atomic mass is 9.79. The summed E-state index contributed by atoms with van der Waals surface area (Å²) in [5.41, 5.74) is 3.12. The molecule has 2 aliphatic rings. The second-order valence-electron chi connectivity index (χ2n) is 7.55. The van der Waals surface area contributed by atoms with Crippen LogP contribution in [0.3, 0.4) is 0 Å². The fourth-order valence-electron chi connectivity index (χ4n) is 4.09. The largest absolute Gasteiger partial charge is 0.243 e. The van der Waals surface area contributed by atoms with Crippen LogP contribution in [-0.4, -0.2) is 25.8 Å². The zero-order chi connectivity index (χ0) is 19.7. The Labute approximate surface area is 166 Å². The lowest BCUT2D eigenvalue weighted by Gasteiger charge is -2.38. The first kappa shape index (κ1) is 19.1. The number of fused-ring (bicyclic) bond motifs is 1. The van der Waals surface area contributed by atoms with E-state index in [1.165, 1.54) is 4.31 Å². The van der Waals surface area contributed by atoms with Crippen LogP contribution in [0.15, 0.2) is 76.7 Å². The van der Waals surface area contributed by atoms with Crippen molar-refractivity contribution >= 4 is 15.9 Å². The van der Waals surface area contributed by atoms with Crippen LogP contribution in [0.4, 0.5) is 4.39 Å². The summed E-state index contributed by atoms with van der Waals surface area (Å²) in [6.45, 7) is 2.36. The number of benzene rings is 2. The van der Waals surface area contributed by atoms with Crippen LogP contribution in [-0.2, 0) is 10.0 Å². The maximum atomic E-state index is 15.4. The van der Waals surface area contributed by atoms with E-state index in [9.17, 15) is 8.42 Å². The molecule has 3 nitrogen and oxygen atoms in total. The summed E-state index contributed by atoms with van der Waals surface area (Å²) < 4.78 is 43.3. The van der Waals surface area contributed by atoms with E-state index >= 15 is 4.39 Å². The summed E-state index contributed by atoms with van der Waals surface area (Å²) in [4.78, 5) is 0.257. The first-order valence-electron chi connectivity index (χ1n) is 9.66. The first-order chi connectivity index (χ1) is 13.5. The molecule has 2 aromatic rings. The first-order valence-corrected chi connectivity index (χ1v) is 11.1. The number of aryl methyl sites for hydroxylation is 1. The molecule has 146 valence electrons. The molecule has 0 radical (unpaired) electrons. The summed E-state index contributed by atoms with van der Waals surface area (Å²) in [5, 5.41) is 0. The molecule has 1 saturated heterocycles. The van der Waals surface area contributed by atoms with E-state index in [0.717, 1.165) is 30.4 Å². The number of allylic oxidation sites excluding steroid dienone is 1. The molecule has 28 heavy (non-hydrogen) atoms. The molecule has 4 rings (SSSR count). The molecule has 5 heteroatoms. The van der Waals surface area contributed by atoms with Crippen LogP contribution >= 0.6 is 0 Å². The minimum absolute atomic E-state index is 0.00146. The number of halogens is 1. The van der Waals surface area contributed by atoms with Gasteiger partial charge in [-0.25, -0.2) is 12.8 Å². The Bertz CT molecular complexity index is 1020. The van der Waals surface area contributed by atoms with Crippen LogP contribution in [0.1, 0.15) is 30.4 Å². The maximum Gasteiger partial charge on any atom is 0.243 e. The maximum absolute atomic E-state index is 15.4. The van der Waals surface area contributed by atoms with Crippen molar-refractivity contribution < 1.29 is 12.8 Å². The number of sulfonamides is 1. The number of nitrogens with zero attached hydrogens (tertiary/aromatic N) is 1. The van der Waals surface area contributed by atoms with Gasteiger partial charge >= 0.3 is 0 Å². The molecule has 2 aromatic carbocycles. The summed E-state index contributed by atoms with van der Waals surface area (Å²) in [5.74, 6) is -0.291. The molecule has 0 unspecified atom stereocenters. The van der Waals surface area contributed by atoms with Gasteiger partial charge in [0.25, 0.3) is 0 Å². The highest BCUT2D eigenvalue weighted by Gasteiger charge is 2.37. The monoisotopic (exact) mass is 397 g/mol. The molecule has 1 fully saturated rings. The van der Waals surface area contributed by atoms with Gasteiger partial charge in [0.1, 0.15) is 5.83 Å². The molecule has 1 heterocycles. The highest BCUT2D eigenvalue weighted by atomic mass is 32.2. The Balaban J connectivity index is 1.77. The zero-order valence-electron chi connectivity index (χ0n) is 15.9. The smallest absolute Gasteiger partial charge is 0.207 e. The van der Waals surface area contributed by atoms with Gasteiger partial charge in [0.2, 0.25) is 10.0 Å². The zero-order valence-corrected chi connectivity index (χ0v) is 16.8. The number of rotatable bonds is 3. The number of piperidine rings is 1. The third-order valence-corrected chi connectivity index (χ3v) is 7.45. The number of hydrogen-bond donors (Lipinski definition) is 0. The van der Waals surface area contributed by atoms with Crippen molar-refractivity contribution in [1.82, 2.24) is 4.31 Å². The van der Waals surface area contributed by atoms with Crippen molar-refractivity contribution in [3.8, 4) is 0 Å². The van der Waals surface area contributed by atoms with Gasteiger partial charge < -0.3 is 0 Å². The van der Waals surface area contributed by atoms with Crippen LogP contribution in [0.5, 0.6) is 0 Å². The van der Waals surface area contributed by atoms with Gasteiger partial charge in [0.05, 0.1) is 4.90 Å². The van der Waals surface area contributed by atoms with Gasteiger partial charge in [-0.1, -0.05) is 59.7 Å². The van der Waals surface area contributed by atoms with E-state index in [-0.39, 0.29) is 23.2 Å². The standard InChI is InChI=1S/C23H24FNO2S/c1-17-11-13-20(14-12-17)28(26,27)25-15-19-9-5-6-10-21(19)22(16-25)23(24)18-7-3-2-4-8-18/h2-4,7-9,11-14,21H,5-6,10,15-16H2,1H3/b23-22+/t21-/m0/s1. The molecule has 0 aromatic heterocycles. The lowest BCUT2D eigenvalue weighted by molar-refractivity contribution is 0.379. The van der Waals surface area contributed by atoms with Gasteiger partial charge in [-0.05, 0) is 43.9 Å². The van der Waals surface area contributed by atoms with Crippen LogP contribution in [0, 0.1) is 12.8 Å². The fourth-order valence-corrected chi connectivity index (χ4v) is 5.50. The second-order valence-corrected chi connectivity index (χ2v) is 9.49. The molecule has 1 atom stereocenters. The Kier molecular flexibility index (Phi) is 5.21. The van der Waals surface area contributed by atoms with E-state index in [2.05, 4.69) is 6.08 Å². The number of hydrogen-bond acceptors (Lipinski definition) is 2. The predicted octanol–water partition coefficient (Wildman–Crippen LogP) is 5.11. The Hall–Kier alpha value is -2.24. The molecule has 1 aliphatic carbocycles. The summed E-state index contributed by atoms with van der Waals surface area (Å²) in [6, 6.07) is 15.8. The predicted molar refractivity (Wildman–Crippen MR) is 110 cm³/mol. The molecule has 0 saturated carbocycles. The third-order valence-electron chi connectivity index (χ3n) is 5.65. The van der Waals surface area contributed by atoms with Gasteiger partial charge in [0, 0.05) is 24.6 Å². The summed E-state index contributed by atoms with van der Waals surface area (Å²) >= 11 is 0. The molecule has 0 N–H and O–H groups in total. The molecule has 0 bridgehead atoms. The van der Waals surface area contributed by atoms with Gasteiger partial charge in [-0.3, -0.25) is 0 Å². The van der Waals surface area contributed by atoms with Crippen molar-refractivity contribution in [2.75, 3.05) is 13.1 Å². The SMILES string of the molecule is Cc1ccc(S(=O)(=O)N2CC3=CCCC[C@@H]3/C(=C(/F)c3ccccc3)C2)cc1. The Morgan fingerprint density at radius 3 is 2.46 bits per heavy atom. The van der Waals surface area contributed by atoms with E-state index in [0.29, 0.717) is 17.7 Å². The molecular weight excluding hydrogens is 373 g/mol. The van der Waals surface area contributed by atoms with Crippen LogP contribution < -0.4 is 0 Å². The van der Waals surface area contributed by atoms with E-state index in [1.54, 1.807) is 48.5 Å². The lowest BCUT2D eigenvalue weighted by Crippen LogP contribution is -2.42. The van der Waals surface area contributed by atoms with Crippen molar-refractivity contribution in [1.29, 1.82) is 0 Å². The highest BCUT2D eigenvalue weighted by molar-refractivity contribution is 7.89. The van der Waals surface area contributed by atoms with Gasteiger partial charge in [0.15, 0.2) is 0 Å². The van der Waals surface area contributed by atoms with Crippen molar-refractivity contribution in [3.05, 3.63) is 82.9 Å². The van der Waals surface area contributed by atoms with Gasteiger partial charge in [-0.15, -0.1) is 0 Å². The van der Waals surface area contributed by atoms with Crippen LogP contribution in [0.2, 0.25) is 0 Å². The van der Waals surface area contributed by atoms with E-state index in [1.807, 2.05) is 13.0 Å². The molecule has 0 amide bonds. The van der Waals surface area contributed by atoms with Crippen molar-refractivity contribution in [2.45, 2.75) is 31.1 Å².